The molecule has 2 aromatic rings. The lowest BCUT2D eigenvalue weighted by Gasteiger charge is -2.32. The Morgan fingerprint density at radius 3 is 2.63 bits per heavy atom. The molecule has 1 atom stereocenters. The standard InChI is InChI=1S/C22H26N2O3/c1-27-20-9-3-7-18(14-20)17-6-2-8-19(13-17)22(26)24-12-4-5-16(15-24)10-11-21(23)25/h2-3,6-9,13-14,16H,4-5,10-12,15H2,1H3,(H2,23,25)/t16-/m0/s1. The number of methoxy groups -OCH3 is 1. The number of nitrogens with zero attached hydrogens (tertiary/aromatic N) is 1. The first-order valence-corrected chi connectivity index (χ1v) is 9.39. The number of amides is 2. The quantitative estimate of drug-likeness (QED) is 0.851. The fraction of sp³-hybridized carbons (Fsp3) is 0.364. The normalized spacial score (nSPS) is 16.8. The zero-order valence-corrected chi connectivity index (χ0v) is 15.7. The van der Waals surface area contributed by atoms with Gasteiger partial charge < -0.3 is 15.4 Å². The first-order chi connectivity index (χ1) is 13.1. The summed E-state index contributed by atoms with van der Waals surface area (Å²) < 4.78 is 5.29. The van der Waals surface area contributed by atoms with Gasteiger partial charge in [0.05, 0.1) is 7.11 Å². The number of hydrogen-bond donors (Lipinski definition) is 1. The monoisotopic (exact) mass is 366 g/mol. The summed E-state index contributed by atoms with van der Waals surface area (Å²) in [7, 11) is 1.64. The summed E-state index contributed by atoms with van der Waals surface area (Å²) >= 11 is 0. The summed E-state index contributed by atoms with van der Waals surface area (Å²) in [6, 6.07) is 15.5. The fourth-order valence-corrected chi connectivity index (χ4v) is 3.65. The number of ether oxygens (including phenoxy) is 1. The topological polar surface area (TPSA) is 72.6 Å². The molecule has 1 fully saturated rings. The van der Waals surface area contributed by atoms with Crippen LogP contribution in [0.1, 0.15) is 36.0 Å². The average Bonchev–Trinajstić information content (AvgIpc) is 2.72. The van der Waals surface area contributed by atoms with Gasteiger partial charge in [-0.3, -0.25) is 9.59 Å². The van der Waals surface area contributed by atoms with E-state index in [1.54, 1.807) is 7.11 Å². The van der Waals surface area contributed by atoms with Gasteiger partial charge in [0.2, 0.25) is 5.91 Å². The largest absolute Gasteiger partial charge is 0.497 e. The van der Waals surface area contributed by atoms with Crippen molar-refractivity contribution in [1.29, 1.82) is 0 Å². The summed E-state index contributed by atoms with van der Waals surface area (Å²) in [6.45, 7) is 1.45. The molecular weight excluding hydrogens is 340 g/mol. The van der Waals surface area contributed by atoms with Gasteiger partial charge in [0.25, 0.3) is 5.91 Å². The Kier molecular flexibility index (Phi) is 6.12. The number of carbonyl (C=O) groups is 2. The van der Waals surface area contributed by atoms with Crippen LogP contribution in [0.25, 0.3) is 11.1 Å². The molecule has 5 heteroatoms. The fourth-order valence-electron chi connectivity index (χ4n) is 3.65. The number of primary amides is 1. The highest BCUT2D eigenvalue weighted by molar-refractivity contribution is 5.95. The van der Waals surface area contributed by atoms with E-state index in [1.165, 1.54) is 0 Å². The van der Waals surface area contributed by atoms with E-state index in [2.05, 4.69) is 0 Å². The second-order valence-electron chi connectivity index (χ2n) is 7.08. The van der Waals surface area contributed by atoms with Crippen LogP contribution in [0.5, 0.6) is 5.75 Å². The minimum atomic E-state index is -0.274. The first-order valence-electron chi connectivity index (χ1n) is 9.39. The molecule has 5 nitrogen and oxygen atoms in total. The Morgan fingerprint density at radius 2 is 1.89 bits per heavy atom. The molecule has 2 N–H and O–H groups in total. The molecule has 1 aliphatic rings. The summed E-state index contributed by atoms with van der Waals surface area (Å²) in [5.41, 5.74) is 7.95. The molecule has 0 saturated carbocycles. The van der Waals surface area contributed by atoms with Gasteiger partial charge >= 0.3 is 0 Å². The Balaban J connectivity index is 1.74. The molecule has 0 aromatic heterocycles. The van der Waals surface area contributed by atoms with E-state index in [-0.39, 0.29) is 11.8 Å². The SMILES string of the molecule is COc1cccc(-c2cccc(C(=O)N3CCC[C@@H](CCC(N)=O)C3)c2)c1. The summed E-state index contributed by atoms with van der Waals surface area (Å²) in [6.07, 6.45) is 3.15. The number of carbonyl (C=O) groups excluding carboxylic acids is 2. The molecule has 2 aromatic carbocycles. The van der Waals surface area contributed by atoms with Crippen molar-refractivity contribution in [2.24, 2.45) is 11.7 Å². The van der Waals surface area contributed by atoms with Crippen LogP contribution in [0.4, 0.5) is 0 Å². The molecule has 0 unspecified atom stereocenters. The van der Waals surface area contributed by atoms with Crippen LogP contribution in [-0.4, -0.2) is 36.9 Å². The van der Waals surface area contributed by atoms with Crippen LogP contribution < -0.4 is 10.5 Å². The zero-order chi connectivity index (χ0) is 19.2. The van der Waals surface area contributed by atoms with E-state index in [4.69, 9.17) is 10.5 Å². The van der Waals surface area contributed by atoms with E-state index in [0.29, 0.717) is 24.4 Å². The molecule has 0 radical (unpaired) electrons. The van der Waals surface area contributed by atoms with Crippen molar-refractivity contribution in [2.45, 2.75) is 25.7 Å². The van der Waals surface area contributed by atoms with Crippen LogP contribution >= 0.6 is 0 Å². The Hall–Kier alpha value is -2.82. The number of nitrogens with two attached hydrogens (primary N) is 1. The van der Waals surface area contributed by atoms with Crippen LogP contribution in [0, 0.1) is 5.92 Å². The Labute approximate surface area is 160 Å². The van der Waals surface area contributed by atoms with Gasteiger partial charge in [-0.05, 0) is 60.6 Å². The number of likely N-dealkylation sites (tertiary alicyclic amines) is 1. The average molecular weight is 366 g/mol. The van der Waals surface area contributed by atoms with E-state index in [1.807, 2.05) is 53.4 Å². The molecule has 0 spiro atoms. The van der Waals surface area contributed by atoms with Gasteiger partial charge in [0, 0.05) is 25.1 Å². The third kappa shape index (κ3) is 4.88. The summed E-state index contributed by atoms with van der Waals surface area (Å²) in [5, 5.41) is 0. The molecule has 142 valence electrons. The Bertz CT molecular complexity index is 819. The molecule has 27 heavy (non-hydrogen) atoms. The highest BCUT2D eigenvalue weighted by atomic mass is 16.5. The van der Waals surface area contributed by atoms with Crippen molar-refractivity contribution in [3.05, 3.63) is 54.1 Å². The van der Waals surface area contributed by atoms with Crippen molar-refractivity contribution in [3.63, 3.8) is 0 Å². The van der Waals surface area contributed by atoms with Gasteiger partial charge in [0.15, 0.2) is 0 Å². The highest BCUT2D eigenvalue weighted by Crippen LogP contribution is 2.26. The maximum atomic E-state index is 13.0. The maximum absolute atomic E-state index is 13.0. The van der Waals surface area contributed by atoms with Crippen LogP contribution in [0.15, 0.2) is 48.5 Å². The predicted molar refractivity (Wildman–Crippen MR) is 105 cm³/mol. The van der Waals surface area contributed by atoms with Gasteiger partial charge in [-0.1, -0.05) is 24.3 Å². The Morgan fingerprint density at radius 1 is 1.15 bits per heavy atom. The molecule has 2 amide bonds. The van der Waals surface area contributed by atoms with E-state index in [9.17, 15) is 9.59 Å². The van der Waals surface area contributed by atoms with Gasteiger partial charge in [0.1, 0.15) is 5.75 Å². The molecular formula is C22H26N2O3. The molecule has 1 heterocycles. The van der Waals surface area contributed by atoms with Crippen molar-refractivity contribution >= 4 is 11.8 Å². The van der Waals surface area contributed by atoms with E-state index >= 15 is 0 Å². The van der Waals surface area contributed by atoms with Crippen LogP contribution in [0.2, 0.25) is 0 Å². The number of benzene rings is 2. The van der Waals surface area contributed by atoms with Crippen molar-refractivity contribution in [2.75, 3.05) is 20.2 Å². The molecule has 3 rings (SSSR count). The zero-order valence-electron chi connectivity index (χ0n) is 15.7. The summed E-state index contributed by atoms with van der Waals surface area (Å²) in [5.74, 6) is 0.905. The highest BCUT2D eigenvalue weighted by Gasteiger charge is 2.24. The maximum Gasteiger partial charge on any atom is 0.253 e. The van der Waals surface area contributed by atoms with Crippen molar-refractivity contribution in [1.82, 2.24) is 4.90 Å². The second kappa shape index (κ2) is 8.71. The minimum absolute atomic E-state index is 0.0449. The van der Waals surface area contributed by atoms with E-state index in [0.717, 1.165) is 42.7 Å². The lowest BCUT2D eigenvalue weighted by Crippen LogP contribution is -2.40. The van der Waals surface area contributed by atoms with Crippen LogP contribution in [0.3, 0.4) is 0 Å². The number of piperidine rings is 1. The minimum Gasteiger partial charge on any atom is -0.497 e. The van der Waals surface area contributed by atoms with E-state index < -0.39 is 0 Å². The van der Waals surface area contributed by atoms with Crippen molar-refractivity contribution < 1.29 is 14.3 Å². The number of hydrogen-bond acceptors (Lipinski definition) is 3. The van der Waals surface area contributed by atoms with Crippen molar-refractivity contribution in [3.8, 4) is 16.9 Å². The lowest BCUT2D eigenvalue weighted by atomic mass is 9.92. The molecule has 0 aliphatic carbocycles. The van der Waals surface area contributed by atoms with Gasteiger partial charge in [-0.25, -0.2) is 0 Å². The third-order valence-corrected chi connectivity index (χ3v) is 5.12. The summed E-state index contributed by atoms with van der Waals surface area (Å²) in [4.78, 5) is 25.9. The molecule has 0 bridgehead atoms. The van der Waals surface area contributed by atoms with Crippen LogP contribution in [-0.2, 0) is 4.79 Å². The molecule has 1 saturated heterocycles. The second-order valence-corrected chi connectivity index (χ2v) is 7.08. The predicted octanol–water partition coefficient (Wildman–Crippen LogP) is 3.48. The smallest absolute Gasteiger partial charge is 0.253 e. The first kappa shape index (κ1) is 19.0. The molecule has 1 aliphatic heterocycles. The third-order valence-electron chi connectivity index (χ3n) is 5.12. The number of rotatable bonds is 6. The van der Waals surface area contributed by atoms with Gasteiger partial charge in [-0.2, -0.15) is 0 Å². The lowest BCUT2D eigenvalue weighted by molar-refractivity contribution is -0.118. The van der Waals surface area contributed by atoms with Gasteiger partial charge in [-0.15, -0.1) is 0 Å².